The summed E-state index contributed by atoms with van der Waals surface area (Å²) in [6, 6.07) is 12.4. The van der Waals surface area contributed by atoms with Crippen molar-refractivity contribution in [3.05, 3.63) is 118 Å². The van der Waals surface area contributed by atoms with Gasteiger partial charge in [-0.2, -0.15) is 8.78 Å². The minimum atomic E-state index is -3.21. The molecule has 1 N–H and O–H groups in total. The quantitative estimate of drug-likeness (QED) is 0.121. The van der Waals surface area contributed by atoms with E-state index in [0.717, 1.165) is 18.2 Å². The predicted molar refractivity (Wildman–Crippen MR) is 158 cm³/mol. The Hall–Kier alpha value is -4.48. The first-order valence-corrected chi connectivity index (χ1v) is 14.8. The molecule has 0 bridgehead atoms. The molecule has 0 radical (unpaired) electrons. The number of benzene rings is 4. The van der Waals surface area contributed by atoms with Gasteiger partial charge in [-0.3, -0.25) is 0 Å². The van der Waals surface area contributed by atoms with E-state index in [0.29, 0.717) is 0 Å². The minimum absolute atomic E-state index is 0.00567. The number of phenolic OH excluding ortho intramolecular Hbond substituents is 1. The monoisotopic (exact) mass is 668 g/mol. The molecule has 0 aliphatic heterocycles. The topological polar surface area (TPSA) is 47.9 Å². The van der Waals surface area contributed by atoms with Crippen LogP contribution in [-0.4, -0.2) is 30.8 Å². The molecular formula is C35H32F8O4. The van der Waals surface area contributed by atoms with E-state index in [9.17, 15) is 40.2 Å². The molecule has 0 aliphatic carbocycles. The molecule has 252 valence electrons. The lowest BCUT2D eigenvalue weighted by Crippen LogP contribution is -2.23. The van der Waals surface area contributed by atoms with Crippen LogP contribution in [0.25, 0.3) is 0 Å². The molecule has 0 atom stereocenters. The number of rotatable bonds is 16. The van der Waals surface area contributed by atoms with Crippen LogP contribution in [-0.2, 0) is 25.7 Å². The zero-order chi connectivity index (χ0) is 34.1. The van der Waals surface area contributed by atoms with Crippen LogP contribution in [0.1, 0.15) is 42.0 Å². The Balaban J connectivity index is 1.20. The van der Waals surface area contributed by atoms with E-state index in [-0.39, 0.29) is 71.8 Å². The maximum absolute atomic E-state index is 14.6. The largest absolute Gasteiger partial charge is 0.505 e. The zero-order valence-corrected chi connectivity index (χ0v) is 25.3. The minimum Gasteiger partial charge on any atom is -0.505 e. The first-order valence-electron chi connectivity index (χ1n) is 14.8. The fourth-order valence-corrected chi connectivity index (χ4v) is 4.75. The number of aromatic hydroxyl groups is 1. The summed E-state index contributed by atoms with van der Waals surface area (Å²) in [5, 5.41) is 9.21. The number of phenols is 1. The van der Waals surface area contributed by atoms with E-state index in [1.165, 1.54) is 42.5 Å². The molecule has 4 rings (SSSR count). The molecule has 0 unspecified atom stereocenters. The molecule has 12 heteroatoms. The molecule has 0 saturated carbocycles. The van der Waals surface area contributed by atoms with Crippen molar-refractivity contribution >= 4 is 0 Å². The van der Waals surface area contributed by atoms with Crippen molar-refractivity contribution < 1.29 is 54.4 Å². The number of ether oxygens (including phenoxy) is 3. The van der Waals surface area contributed by atoms with E-state index in [4.69, 9.17) is 14.2 Å². The van der Waals surface area contributed by atoms with Gasteiger partial charge in [-0.25, -0.2) is 26.3 Å². The Kier molecular flexibility index (Phi) is 12.0. The molecule has 0 saturated heterocycles. The van der Waals surface area contributed by atoms with Crippen molar-refractivity contribution in [2.45, 2.75) is 51.4 Å². The lowest BCUT2D eigenvalue weighted by atomic mass is 10.0. The Morgan fingerprint density at radius 2 is 1.00 bits per heavy atom. The molecule has 4 aromatic rings. The van der Waals surface area contributed by atoms with Crippen LogP contribution in [0, 0.1) is 34.9 Å². The summed E-state index contributed by atoms with van der Waals surface area (Å²) in [5.41, 5.74) is 0.396. The van der Waals surface area contributed by atoms with Gasteiger partial charge in [0.15, 0.2) is 23.1 Å². The van der Waals surface area contributed by atoms with Crippen LogP contribution >= 0.6 is 0 Å². The van der Waals surface area contributed by atoms with Gasteiger partial charge in [0.2, 0.25) is 11.6 Å². The Morgan fingerprint density at radius 3 is 1.49 bits per heavy atom. The molecule has 0 spiro atoms. The first kappa shape index (κ1) is 35.4. The second-order valence-corrected chi connectivity index (χ2v) is 10.7. The van der Waals surface area contributed by atoms with E-state index >= 15 is 0 Å². The number of aryl methyl sites for hydroxylation is 4. The van der Waals surface area contributed by atoms with Crippen LogP contribution < -0.4 is 14.2 Å². The predicted octanol–water partition coefficient (Wildman–Crippen LogP) is 9.07. The number of hydrogen-bond donors (Lipinski definition) is 1. The number of halogens is 8. The molecule has 0 amide bonds. The van der Waals surface area contributed by atoms with Gasteiger partial charge in [0.05, 0.1) is 19.8 Å². The average molecular weight is 669 g/mol. The lowest BCUT2D eigenvalue weighted by molar-refractivity contribution is -0.0355. The summed E-state index contributed by atoms with van der Waals surface area (Å²) in [4.78, 5) is 0. The third-order valence-electron chi connectivity index (χ3n) is 7.42. The van der Waals surface area contributed by atoms with Gasteiger partial charge >= 0.3 is 0 Å². The molecule has 0 aromatic heterocycles. The molecule has 47 heavy (non-hydrogen) atoms. The molecule has 4 aromatic carbocycles. The van der Waals surface area contributed by atoms with Gasteiger partial charge in [-0.1, -0.05) is 24.3 Å². The SMILES string of the molecule is CCOc1ccc(CCc2ccc(OCCC(F)(F)CCOc3ccc(CCc4ccc(O)c(F)c4F)c(F)c3)cc2F)c(F)c1F. The highest BCUT2D eigenvalue weighted by Gasteiger charge is 2.29. The van der Waals surface area contributed by atoms with Crippen molar-refractivity contribution in [1.29, 1.82) is 0 Å². The molecule has 0 fully saturated rings. The smallest absolute Gasteiger partial charge is 0.254 e. The first-order chi connectivity index (χ1) is 22.4. The zero-order valence-electron chi connectivity index (χ0n) is 25.3. The van der Waals surface area contributed by atoms with E-state index in [1.54, 1.807) is 6.92 Å². The fourth-order valence-electron chi connectivity index (χ4n) is 4.75. The summed E-state index contributed by atoms with van der Waals surface area (Å²) in [7, 11) is 0. The summed E-state index contributed by atoms with van der Waals surface area (Å²) in [6.45, 7) is 0.936. The third-order valence-corrected chi connectivity index (χ3v) is 7.42. The summed E-state index contributed by atoms with van der Waals surface area (Å²) in [6.07, 6.45) is -1.36. The highest BCUT2D eigenvalue weighted by atomic mass is 19.3. The lowest BCUT2D eigenvalue weighted by Gasteiger charge is -2.17. The van der Waals surface area contributed by atoms with Crippen molar-refractivity contribution in [2.24, 2.45) is 0 Å². The van der Waals surface area contributed by atoms with Gasteiger partial charge in [-0.05, 0) is 79.1 Å². The molecule has 0 aliphatic rings. The summed E-state index contributed by atoms with van der Waals surface area (Å²) < 4.78 is 129. The van der Waals surface area contributed by atoms with E-state index in [1.807, 2.05) is 0 Å². The summed E-state index contributed by atoms with van der Waals surface area (Å²) >= 11 is 0. The third kappa shape index (κ3) is 9.52. The van der Waals surface area contributed by atoms with Crippen LogP contribution in [0.2, 0.25) is 0 Å². The van der Waals surface area contributed by atoms with Gasteiger partial charge in [0, 0.05) is 25.0 Å². The highest BCUT2D eigenvalue weighted by Crippen LogP contribution is 2.28. The van der Waals surface area contributed by atoms with Crippen molar-refractivity contribution in [3.63, 3.8) is 0 Å². The number of alkyl halides is 2. The van der Waals surface area contributed by atoms with Crippen LogP contribution in [0.4, 0.5) is 35.1 Å². The van der Waals surface area contributed by atoms with Crippen molar-refractivity contribution in [3.8, 4) is 23.0 Å². The summed E-state index contributed by atoms with van der Waals surface area (Å²) in [5.74, 6) is -10.4. The van der Waals surface area contributed by atoms with Crippen molar-refractivity contribution in [2.75, 3.05) is 19.8 Å². The Labute approximate surface area is 266 Å². The number of hydrogen-bond acceptors (Lipinski definition) is 4. The highest BCUT2D eigenvalue weighted by molar-refractivity contribution is 5.34. The Morgan fingerprint density at radius 1 is 0.553 bits per heavy atom. The molecule has 4 nitrogen and oxygen atoms in total. The van der Waals surface area contributed by atoms with Gasteiger partial charge in [0.25, 0.3) is 5.92 Å². The van der Waals surface area contributed by atoms with E-state index < -0.39 is 72.6 Å². The van der Waals surface area contributed by atoms with Gasteiger partial charge < -0.3 is 19.3 Å². The van der Waals surface area contributed by atoms with Gasteiger partial charge in [0.1, 0.15) is 23.1 Å². The van der Waals surface area contributed by atoms with Crippen molar-refractivity contribution in [1.82, 2.24) is 0 Å². The second-order valence-electron chi connectivity index (χ2n) is 10.7. The van der Waals surface area contributed by atoms with E-state index in [2.05, 4.69) is 0 Å². The fraction of sp³-hybridized carbons (Fsp3) is 0.314. The maximum Gasteiger partial charge on any atom is 0.254 e. The Bertz CT molecular complexity index is 1680. The standard InChI is InChI=1S/C35H32F8O4/c1-2-45-30-14-10-24(32(39)34(30)41)6-4-22-8-12-26(20-28(22)37)47-18-16-35(42,43)15-17-46-25-11-7-21(27(36)19-25)3-5-23-9-13-29(44)33(40)31(23)38/h7-14,19-20,44H,2-6,15-18H2,1H3. The molecule has 0 heterocycles. The maximum atomic E-state index is 14.6. The second kappa shape index (κ2) is 15.9. The van der Waals surface area contributed by atoms with Crippen LogP contribution in [0.5, 0.6) is 23.0 Å². The van der Waals surface area contributed by atoms with Gasteiger partial charge in [-0.15, -0.1) is 0 Å². The normalized spacial score (nSPS) is 11.5. The average Bonchev–Trinajstić information content (AvgIpc) is 3.03. The van der Waals surface area contributed by atoms with Crippen LogP contribution in [0.3, 0.4) is 0 Å². The molecular weight excluding hydrogens is 636 g/mol. The van der Waals surface area contributed by atoms with Crippen LogP contribution in [0.15, 0.2) is 60.7 Å².